The van der Waals surface area contributed by atoms with Gasteiger partial charge in [0, 0.05) is 29.9 Å². The minimum atomic E-state index is -0.742. The van der Waals surface area contributed by atoms with Crippen molar-refractivity contribution in [2.24, 2.45) is 12.8 Å². The standard InChI is InChI=1S/C29H38FN3O4/c1-17-16-20(10-11-22(17)30)33(29(3)14-12-21(34)13-15-29)28(37)26(35)24-18(2)23(27(31)36)25(32(24)4)19-8-6-5-7-9-19/h10-11,16,19,21,34H,5-9,12-15H2,1-4H3,(H2,31,36). The van der Waals surface area contributed by atoms with Gasteiger partial charge in [0.15, 0.2) is 0 Å². The average molecular weight is 512 g/mol. The van der Waals surface area contributed by atoms with Crippen LogP contribution >= 0.6 is 0 Å². The van der Waals surface area contributed by atoms with E-state index in [9.17, 15) is 23.9 Å². The summed E-state index contributed by atoms with van der Waals surface area (Å²) in [4.78, 5) is 42.1. The van der Waals surface area contributed by atoms with Gasteiger partial charge < -0.3 is 15.4 Å². The molecule has 4 rings (SSSR count). The van der Waals surface area contributed by atoms with Crippen LogP contribution in [-0.4, -0.2) is 38.9 Å². The van der Waals surface area contributed by atoms with E-state index in [1.165, 1.54) is 17.0 Å². The topological polar surface area (TPSA) is 106 Å². The molecule has 1 heterocycles. The van der Waals surface area contributed by atoms with Crippen LogP contribution in [0.15, 0.2) is 18.2 Å². The smallest absolute Gasteiger partial charge is 0.301 e. The molecule has 1 aromatic carbocycles. The lowest BCUT2D eigenvalue weighted by Crippen LogP contribution is -2.55. The second-order valence-electron chi connectivity index (χ2n) is 11.1. The average Bonchev–Trinajstić information content (AvgIpc) is 3.13. The quantitative estimate of drug-likeness (QED) is 0.428. The summed E-state index contributed by atoms with van der Waals surface area (Å²) in [6.07, 6.45) is 6.54. The summed E-state index contributed by atoms with van der Waals surface area (Å²) in [5, 5.41) is 10.1. The van der Waals surface area contributed by atoms with Crippen LogP contribution in [0, 0.1) is 19.7 Å². The maximum Gasteiger partial charge on any atom is 0.301 e. The third-order valence-corrected chi connectivity index (χ3v) is 8.51. The van der Waals surface area contributed by atoms with E-state index in [0.29, 0.717) is 48.1 Å². The van der Waals surface area contributed by atoms with Gasteiger partial charge in [-0.3, -0.25) is 19.3 Å². The number of aliphatic hydroxyl groups is 1. The van der Waals surface area contributed by atoms with Gasteiger partial charge in [-0.2, -0.15) is 0 Å². The normalized spacial score (nSPS) is 22.6. The predicted octanol–water partition coefficient (Wildman–Crippen LogP) is 4.84. The summed E-state index contributed by atoms with van der Waals surface area (Å²) < 4.78 is 15.8. The van der Waals surface area contributed by atoms with Crippen LogP contribution in [0.4, 0.5) is 10.1 Å². The number of Topliss-reactive ketones (excluding diaryl/α,β-unsaturated/α-hetero) is 1. The van der Waals surface area contributed by atoms with Crippen molar-refractivity contribution in [1.29, 1.82) is 0 Å². The Morgan fingerprint density at radius 2 is 1.70 bits per heavy atom. The number of aromatic nitrogens is 1. The fourth-order valence-corrected chi connectivity index (χ4v) is 6.43. The number of hydrogen-bond donors (Lipinski definition) is 2. The minimum Gasteiger partial charge on any atom is -0.393 e. The van der Waals surface area contributed by atoms with Crippen LogP contribution in [0.25, 0.3) is 0 Å². The fourth-order valence-electron chi connectivity index (χ4n) is 6.43. The largest absolute Gasteiger partial charge is 0.393 e. The van der Waals surface area contributed by atoms with Crippen molar-refractivity contribution < 1.29 is 23.9 Å². The van der Waals surface area contributed by atoms with Gasteiger partial charge >= 0.3 is 5.91 Å². The minimum absolute atomic E-state index is 0.102. The first-order valence-corrected chi connectivity index (χ1v) is 13.3. The van der Waals surface area contributed by atoms with Crippen LogP contribution in [0.1, 0.15) is 108 Å². The van der Waals surface area contributed by atoms with Crippen molar-refractivity contribution in [1.82, 2.24) is 4.57 Å². The molecule has 0 aliphatic heterocycles. The van der Waals surface area contributed by atoms with Crippen molar-refractivity contribution in [3.63, 3.8) is 0 Å². The van der Waals surface area contributed by atoms with Crippen molar-refractivity contribution in [2.45, 2.75) is 96.1 Å². The van der Waals surface area contributed by atoms with Crippen LogP contribution in [-0.2, 0) is 11.8 Å². The molecule has 0 atom stereocenters. The Bertz CT molecular complexity index is 1220. The first-order valence-electron chi connectivity index (χ1n) is 13.3. The van der Waals surface area contributed by atoms with Gasteiger partial charge in [0.2, 0.25) is 0 Å². The third kappa shape index (κ3) is 4.96. The molecule has 0 saturated heterocycles. The maximum absolute atomic E-state index is 14.1. The molecule has 2 aromatic rings. The number of amides is 2. The van der Waals surface area contributed by atoms with Crippen molar-refractivity contribution >= 4 is 23.3 Å². The number of aryl methyl sites for hydroxylation is 1. The number of aliphatic hydroxyl groups excluding tert-OH is 1. The molecule has 7 nitrogen and oxygen atoms in total. The number of carbonyl (C=O) groups is 3. The van der Waals surface area contributed by atoms with Crippen molar-refractivity contribution in [3.05, 3.63) is 52.1 Å². The van der Waals surface area contributed by atoms with Crippen molar-refractivity contribution in [2.75, 3.05) is 4.90 Å². The van der Waals surface area contributed by atoms with Crippen LogP contribution in [0.5, 0.6) is 0 Å². The number of benzene rings is 1. The fraction of sp³-hybridized carbons (Fsp3) is 0.552. The van der Waals surface area contributed by atoms with Gasteiger partial charge in [-0.15, -0.1) is 0 Å². The predicted molar refractivity (Wildman–Crippen MR) is 140 cm³/mol. The Labute approximate surface area is 217 Å². The second-order valence-corrected chi connectivity index (χ2v) is 11.1. The van der Waals surface area contributed by atoms with E-state index in [2.05, 4.69) is 0 Å². The maximum atomic E-state index is 14.1. The molecule has 2 aliphatic carbocycles. The number of hydrogen-bond acceptors (Lipinski definition) is 4. The summed E-state index contributed by atoms with van der Waals surface area (Å²) in [6.45, 7) is 5.20. The van der Waals surface area contributed by atoms with Gasteiger partial charge in [-0.25, -0.2) is 4.39 Å². The highest BCUT2D eigenvalue weighted by Gasteiger charge is 2.43. The lowest BCUT2D eigenvalue weighted by atomic mass is 9.79. The zero-order chi connectivity index (χ0) is 27.1. The molecule has 2 saturated carbocycles. The Kier molecular flexibility index (Phi) is 7.60. The first kappa shape index (κ1) is 27.0. The summed E-state index contributed by atoms with van der Waals surface area (Å²) in [5.74, 6) is -2.35. The van der Waals surface area contributed by atoms with Gasteiger partial charge in [0.05, 0.1) is 17.4 Å². The molecular weight excluding hydrogens is 473 g/mol. The van der Waals surface area contributed by atoms with E-state index in [1.54, 1.807) is 31.5 Å². The molecular formula is C29H38FN3O4. The van der Waals surface area contributed by atoms with E-state index < -0.39 is 35.1 Å². The zero-order valence-electron chi connectivity index (χ0n) is 22.3. The molecule has 0 spiro atoms. The monoisotopic (exact) mass is 511 g/mol. The Hall–Kier alpha value is -3.00. The number of anilines is 1. The number of rotatable bonds is 6. The molecule has 37 heavy (non-hydrogen) atoms. The van der Waals surface area contributed by atoms with Gasteiger partial charge in [0.25, 0.3) is 11.7 Å². The Balaban J connectivity index is 1.81. The highest BCUT2D eigenvalue weighted by molar-refractivity contribution is 6.47. The molecule has 2 fully saturated rings. The Morgan fingerprint density at radius 3 is 2.27 bits per heavy atom. The highest BCUT2D eigenvalue weighted by atomic mass is 19.1. The van der Waals surface area contributed by atoms with E-state index in [-0.39, 0.29) is 11.6 Å². The Morgan fingerprint density at radius 1 is 1.08 bits per heavy atom. The van der Waals surface area contributed by atoms with Crippen LogP contribution < -0.4 is 10.6 Å². The molecule has 0 bridgehead atoms. The summed E-state index contributed by atoms with van der Waals surface area (Å²) in [5.41, 5.74) is 7.52. The lowest BCUT2D eigenvalue weighted by molar-refractivity contribution is -0.116. The molecule has 3 N–H and O–H groups in total. The number of primary amides is 1. The molecule has 2 aliphatic rings. The summed E-state index contributed by atoms with van der Waals surface area (Å²) in [7, 11) is 1.73. The van der Waals surface area contributed by atoms with Crippen LogP contribution in [0.3, 0.4) is 0 Å². The third-order valence-electron chi connectivity index (χ3n) is 8.51. The molecule has 0 radical (unpaired) electrons. The molecule has 8 heteroatoms. The number of ketones is 1. The molecule has 2 amide bonds. The lowest BCUT2D eigenvalue weighted by Gasteiger charge is -2.44. The summed E-state index contributed by atoms with van der Waals surface area (Å²) >= 11 is 0. The first-order chi connectivity index (χ1) is 17.5. The summed E-state index contributed by atoms with van der Waals surface area (Å²) in [6, 6.07) is 4.40. The molecule has 1 aromatic heterocycles. The van der Waals surface area contributed by atoms with Crippen LogP contribution in [0.2, 0.25) is 0 Å². The van der Waals surface area contributed by atoms with Gasteiger partial charge in [-0.05, 0) is 88.6 Å². The second kappa shape index (κ2) is 10.4. The van der Waals surface area contributed by atoms with E-state index in [4.69, 9.17) is 5.73 Å². The van der Waals surface area contributed by atoms with E-state index >= 15 is 0 Å². The van der Waals surface area contributed by atoms with E-state index in [1.807, 2.05) is 6.92 Å². The molecule has 200 valence electrons. The highest BCUT2D eigenvalue weighted by Crippen LogP contribution is 2.40. The van der Waals surface area contributed by atoms with Gasteiger partial charge in [0.1, 0.15) is 5.82 Å². The number of halogens is 1. The molecule has 0 unspecified atom stereocenters. The zero-order valence-corrected chi connectivity index (χ0v) is 22.3. The van der Waals surface area contributed by atoms with Gasteiger partial charge in [-0.1, -0.05) is 19.3 Å². The van der Waals surface area contributed by atoms with E-state index in [0.717, 1.165) is 37.8 Å². The number of nitrogens with two attached hydrogens (primary N) is 1. The van der Waals surface area contributed by atoms with Crippen molar-refractivity contribution in [3.8, 4) is 0 Å². The number of nitrogens with zero attached hydrogens (tertiary/aromatic N) is 2. The SMILES string of the molecule is Cc1cc(N(C(=O)C(=O)c2c(C)c(C(N)=O)c(C3CCCCC3)n2C)C2(C)CCC(O)CC2)ccc1F. The number of carbonyl (C=O) groups excluding carboxylic acids is 3.